The first kappa shape index (κ1) is 12.4. The fourth-order valence-corrected chi connectivity index (χ4v) is 2.70. The van der Waals surface area contributed by atoms with E-state index in [-0.39, 0.29) is 0 Å². The molecule has 3 nitrogen and oxygen atoms in total. The summed E-state index contributed by atoms with van der Waals surface area (Å²) in [6, 6.07) is 8.69. The molecule has 0 amide bonds. The van der Waals surface area contributed by atoms with Gasteiger partial charge in [-0.3, -0.25) is 4.90 Å². The molecule has 0 aliphatic carbocycles. The first-order valence-corrected chi connectivity index (χ1v) is 6.44. The third-order valence-corrected chi connectivity index (χ3v) is 3.77. The van der Waals surface area contributed by atoms with E-state index in [0.717, 1.165) is 19.5 Å². The first-order chi connectivity index (χ1) is 8.22. The normalized spacial score (nSPS) is 21.9. The lowest BCUT2D eigenvalue weighted by molar-refractivity contribution is 0.179. The van der Waals surface area contributed by atoms with Gasteiger partial charge in [0.15, 0.2) is 0 Å². The zero-order chi connectivity index (χ0) is 12.3. The number of nitrogens with one attached hydrogen (secondary N) is 1. The van der Waals surface area contributed by atoms with Gasteiger partial charge in [0.1, 0.15) is 5.75 Å². The highest BCUT2D eigenvalue weighted by Crippen LogP contribution is 2.27. The Hall–Kier alpha value is -1.06. The summed E-state index contributed by atoms with van der Waals surface area (Å²) in [5.74, 6) is 0.341. The summed E-state index contributed by atoms with van der Waals surface area (Å²) in [4.78, 5) is 2.46. The molecule has 1 aliphatic heterocycles. The summed E-state index contributed by atoms with van der Waals surface area (Å²) in [5, 5.41) is 12.7. The van der Waals surface area contributed by atoms with Crippen molar-refractivity contribution in [2.45, 2.75) is 31.8 Å². The van der Waals surface area contributed by atoms with Crippen LogP contribution in [0.5, 0.6) is 5.75 Å². The maximum Gasteiger partial charge on any atom is 0.115 e. The second kappa shape index (κ2) is 5.52. The van der Waals surface area contributed by atoms with Gasteiger partial charge in [-0.1, -0.05) is 19.1 Å². The summed E-state index contributed by atoms with van der Waals surface area (Å²) in [6.07, 6.45) is 2.32. The molecule has 0 bridgehead atoms. The zero-order valence-corrected chi connectivity index (χ0v) is 10.7. The van der Waals surface area contributed by atoms with Crippen molar-refractivity contribution < 1.29 is 5.11 Å². The number of nitrogens with zero attached hydrogens (tertiary/aromatic N) is 1. The van der Waals surface area contributed by atoms with Gasteiger partial charge in [-0.25, -0.2) is 0 Å². The summed E-state index contributed by atoms with van der Waals surface area (Å²) in [7, 11) is 2.21. The fraction of sp³-hybridized carbons (Fsp3) is 0.571. The van der Waals surface area contributed by atoms with Crippen LogP contribution in [0, 0.1) is 0 Å². The number of aromatic hydroxyl groups is 1. The van der Waals surface area contributed by atoms with E-state index in [1.807, 2.05) is 12.1 Å². The van der Waals surface area contributed by atoms with Crippen molar-refractivity contribution in [3.8, 4) is 5.75 Å². The molecule has 1 aliphatic rings. The standard InChI is InChI=1S/C14H22N2O/c1-3-14(11-4-6-13(17)7-5-11)16(2)12-8-9-15-10-12/h4-7,12,14-15,17H,3,8-10H2,1-2H3. The fourth-order valence-electron chi connectivity index (χ4n) is 2.70. The van der Waals surface area contributed by atoms with Crippen LogP contribution < -0.4 is 5.32 Å². The SMILES string of the molecule is CCC(c1ccc(O)cc1)N(C)C1CCNC1. The molecule has 3 heteroatoms. The number of hydrogen-bond acceptors (Lipinski definition) is 3. The number of likely N-dealkylation sites (N-methyl/N-ethyl adjacent to an activating group) is 1. The highest BCUT2D eigenvalue weighted by molar-refractivity contribution is 5.28. The number of phenolic OH excluding ortho intramolecular Hbond substituents is 1. The number of phenols is 1. The van der Waals surface area contributed by atoms with Gasteiger partial charge in [0.25, 0.3) is 0 Å². The molecule has 0 spiro atoms. The highest BCUT2D eigenvalue weighted by Gasteiger charge is 2.25. The minimum absolute atomic E-state index is 0.341. The summed E-state index contributed by atoms with van der Waals surface area (Å²) in [5.41, 5.74) is 1.29. The lowest BCUT2D eigenvalue weighted by Gasteiger charge is -2.32. The number of rotatable bonds is 4. The predicted molar refractivity (Wildman–Crippen MR) is 70.2 cm³/mol. The summed E-state index contributed by atoms with van der Waals surface area (Å²) >= 11 is 0. The lowest BCUT2D eigenvalue weighted by atomic mass is 10.0. The van der Waals surface area contributed by atoms with Crippen LogP contribution in [0.25, 0.3) is 0 Å². The van der Waals surface area contributed by atoms with Crippen molar-refractivity contribution >= 4 is 0 Å². The first-order valence-electron chi connectivity index (χ1n) is 6.44. The topological polar surface area (TPSA) is 35.5 Å². The maximum absolute atomic E-state index is 9.34. The molecule has 0 radical (unpaired) electrons. The van der Waals surface area contributed by atoms with Gasteiger partial charge >= 0.3 is 0 Å². The molecule has 1 aromatic carbocycles. The average molecular weight is 234 g/mol. The van der Waals surface area contributed by atoms with Crippen LogP contribution in [-0.4, -0.2) is 36.2 Å². The van der Waals surface area contributed by atoms with Crippen molar-refractivity contribution in [3.05, 3.63) is 29.8 Å². The maximum atomic E-state index is 9.34. The zero-order valence-electron chi connectivity index (χ0n) is 10.7. The smallest absolute Gasteiger partial charge is 0.115 e. The molecular formula is C14H22N2O. The van der Waals surface area contributed by atoms with Crippen LogP contribution >= 0.6 is 0 Å². The van der Waals surface area contributed by atoms with Crippen LogP contribution in [-0.2, 0) is 0 Å². The molecule has 0 aromatic heterocycles. The van der Waals surface area contributed by atoms with Crippen LogP contribution in [0.3, 0.4) is 0 Å². The van der Waals surface area contributed by atoms with Crippen LogP contribution in [0.1, 0.15) is 31.4 Å². The van der Waals surface area contributed by atoms with Gasteiger partial charge in [0.05, 0.1) is 0 Å². The molecule has 17 heavy (non-hydrogen) atoms. The summed E-state index contributed by atoms with van der Waals surface area (Å²) in [6.45, 7) is 4.43. The molecule has 2 rings (SSSR count). The third-order valence-electron chi connectivity index (χ3n) is 3.77. The minimum atomic E-state index is 0.341. The van der Waals surface area contributed by atoms with Gasteiger partial charge in [-0.05, 0) is 44.1 Å². The number of hydrogen-bond donors (Lipinski definition) is 2. The van der Waals surface area contributed by atoms with Gasteiger partial charge in [0.2, 0.25) is 0 Å². The van der Waals surface area contributed by atoms with Crippen molar-refractivity contribution in [2.75, 3.05) is 20.1 Å². The van der Waals surface area contributed by atoms with E-state index in [4.69, 9.17) is 0 Å². The van der Waals surface area contributed by atoms with E-state index < -0.39 is 0 Å². The molecule has 1 saturated heterocycles. The Morgan fingerprint density at radius 2 is 2.12 bits per heavy atom. The molecule has 2 N–H and O–H groups in total. The molecule has 1 heterocycles. The van der Waals surface area contributed by atoms with Gasteiger partial charge in [-0.15, -0.1) is 0 Å². The van der Waals surface area contributed by atoms with E-state index in [2.05, 4.69) is 24.2 Å². The Bertz CT molecular complexity index is 344. The van der Waals surface area contributed by atoms with E-state index in [1.54, 1.807) is 12.1 Å². The monoisotopic (exact) mass is 234 g/mol. The largest absolute Gasteiger partial charge is 0.508 e. The Kier molecular flexibility index (Phi) is 4.02. The summed E-state index contributed by atoms with van der Waals surface area (Å²) < 4.78 is 0. The second-order valence-electron chi connectivity index (χ2n) is 4.83. The predicted octanol–water partition coefficient (Wildman–Crippen LogP) is 2.14. The van der Waals surface area contributed by atoms with Crippen molar-refractivity contribution in [1.82, 2.24) is 10.2 Å². The average Bonchev–Trinajstić information content (AvgIpc) is 2.86. The minimum Gasteiger partial charge on any atom is -0.508 e. The molecule has 2 unspecified atom stereocenters. The Labute approximate surface area is 103 Å². The van der Waals surface area contributed by atoms with Crippen LogP contribution in [0.4, 0.5) is 0 Å². The Morgan fingerprint density at radius 3 is 2.65 bits per heavy atom. The Balaban J connectivity index is 2.11. The molecule has 2 atom stereocenters. The van der Waals surface area contributed by atoms with Crippen LogP contribution in [0.15, 0.2) is 24.3 Å². The molecule has 1 aromatic rings. The molecular weight excluding hydrogens is 212 g/mol. The van der Waals surface area contributed by atoms with Crippen molar-refractivity contribution in [2.24, 2.45) is 0 Å². The van der Waals surface area contributed by atoms with Gasteiger partial charge in [-0.2, -0.15) is 0 Å². The van der Waals surface area contributed by atoms with Crippen molar-refractivity contribution in [3.63, 3.8) is 0 Å². The molecule has 1 fully saturated rings. The van der Waals surface area contributed by atoms with Crippen molar-refractivity contribution in [1.29, 1.82) is 0 Å². The highest BCUT2D eigenvalue weighted by atomic mass is 16.3. The van der Waals surface area contributed by atoms with Crippen LogP contribution in [0.2, 0.25) is 0 Å². The van der Waals surface area contributed by atoms with E-state index >= 15 is 0 Å². The van der Waals surface area contributed by atoms with E-state index in [9.17, 15) is 5.11 Å². The quantitative estimate of drug-likeness (QED) is 0.838. The second-order valence-corrected chi connectivity index (χ2v) is 4.83. The van der Waals surface area contributed by atoms with E-state index in [1.165, 1.54) is 12.0 Å². The molecule has 0 saturated carbocycles. The Morgan fingerprint density at radius 1 is 1.41 bits per heavy atom. The van der Waals surface area contributed by atoms with Gasteiger partial charge in [0, 0.05) is 18.6 Å². The van der Waals surface area contributed by atoms with Gasteiger partial charge < -0.3 is 10.4 Å². The third kappa shape index (κ3) is 2.79. The van der Waals surface area contributed by atoms with E-state index in [0.29, 0.717) is 17.8 Å². The lowest BCUT2D eigenvalue weighted by Crippen LogP contribution is -2.36. The molecule has 94 valence electrons. The number of benzene rings is 1.